The van der Waals surface area contributed by atoms with Crippen molar-refractivity contribution in [1.82, 2.24) is 19.8 Å². The van der Waals surface area contributed by atoms with Crippen LogP contribution in [0.5, 0.6) is 0 Å². The monoisotopic (exact) mass is 248 g/mol. The lowest BCUT2D eigenvalue weighted by molar-refractivity contribution is 0.106. The molecule has 2 bridgehead atoms. The van der Waals surface area contributed by atoms with Gasteiger partial charge >= 0.3 is 0 Å². The van der Waals surface area contributed by atoms with Crippen molar-refractivity contribution in [2.24, 2.45) is 7.05 Å². The summed E-state index contributed by atoms with van der Waals surface area (Å²) in [5.74, 6) is 1.20. The molecule has 0 spiro atoms. The molecule has 2 unspecified atom stereocenters. The molecule has 2 atom stereocenters. The average Bonchev–Trinajstić information content (AvgIpc) is 2.84. The Hall–Kier alpha value is -0.870. The highest BCUT2D eigenvalue weighted by molar-refractivity contribution is 5.01. The number of piperidine rings is 1. The zero-order valence-electron chi connectivity index (χ0n) is 11.5. The van der Waals surface area contributed by atoms with Crippen LogP contribution in [0.3, 0.4) is 0 Å². The number of nitrogens with one attached hydrogen (secondary N) is 1. The Morgan fingerprint density at radius 2 is 2.06 bits per heavy atom. The molecule has 2 aliphatic heterocycles. The van der Waals surface area contributed by atoms with E-state index < -0.39 is 0 Å². The molecule has 2 saturated heterocycles. The Morgan fingerprint density at radius 1 is 1.33 bits per heavy atom. The molecule has 0 amide bonds. The van der Waals surface area contributed by atoms with Crippen LogP contribution < -0.4 is 5.32 Å². The van der Waals surface area contributed by atoms with Crippen molar-refractivity contribution in [1.29, 1.82) is 0 Å². The van der Waals surface area contributed by atoms with E-state index >= 15 is 0 Å². The van der Waals surface area contributed by atoms with Gasteiger partial charge in [0.15, 0.2) is 0 Å². The number of hydrogen-bond donors (Lipinski definition) is 1. The van der Waals surface area contributed by atoms with Crippen molar-refractivity contribution in [3.63, 3.8) is 0 Å². The van der Waals surface area contributed by atoms with Crippen molar-refractivity contribution in [2.75, 3.05) is 6.54 Å². The van der Waals surface area contributed by atoms with Gasteiger partial charge in [0.1, 0.15) is 5.82 Å². The zero-order chi connectivity index (χ0) is 12.5. The quantitative estimate of drug-likeness (QED) is 0.877. The zero-order valence-corrected chi connectivity index (χ0v) is 11.5. The topological polar surface area (TPSA) is 33.1 Å². The lowest BCUT2D eigenvalue weighted by atomic mass is 9.97. The molecule has 2 fully saturated rings. The van der Waals surface area contributed by atoms with E-state index in [2.05, 4.69) is 33.7 Å². The number of hydrogen-bond acceptors (Lipinski definition) is 3. The van der Waals surface area contributed by atoms with Crippen molar-refractivity contribution in [3.8, 4) is 0 Å². The lowest BCUT2D eigenvalue weighted by Crippen LogP contribution is -2.48. The highest BCUT2D eigenvalue weighted by Crippen LogP contribution is 2.36. The molecule has 4 nitrogen and oxygen atoms in total. The highest BCUT2D eigenvalue weighted by Gasteiger charge is 2.40. The molecule has 18 heavy (non-hydrogen) atoms. The van der Waals surface area contributed by atoms with E-state index in [9.17, 15) is 0 Å². The second kappa shape index (κ2) is 5.02. The Morgan fingerprint density at radius 3 is 2.61 bits per heavy atom. The van der Waals surface area contributed by atoms with E-state index in [-0.39, 0.29) is 0 Å². The van der Waals surface area contributed by atoms with Crippen molar-refractivity contribution < 1.29 is 0 Å². The maximum atomic E-state index is 4.47. The van der Waals surface area contributed by atoms with Crippen LogP contribution in [-0.2, 0) is 13.6 Å². The summed E-state index contributed by atoms with van der Waals surface area (Å²) >= 11 is 0. The van der Waals surface area contributed by atoms with Gasteiger partial charge in [0, 0.05) is 37.6 Å². The predicted molar refractivity (Wildman–Crippen MR) is 72.3 cm³/mol. The molecular weight excluding hydrogens is 224 g/mol. The van der Waals surface area contributed by atoms with E-state index in [1.807, 2.05) is 12.4 Å². The second-order valence-electron chi connectivity index (χ2n) is 5.74. The molecule has 1 N–H and O–H groups in total. The SMILES string of the molecule is CCNC1CC2CCC(C1)N2Cc1nccn1C. The molecule has 0 aromatic carbocycles. The summed E-state index contributed by atoms with van der Waals surface area (Å²) in [5, 5.41) is 3.63. The molecular formula is C14H24N4. The van der Waals surface area contributed by atoms with Crippen LogP contribution in [0.15, 0.2) is 12.4 Å². The van der Waals surface area contributed by atoms with Crippen LogP contribution in [0.1, 0.15) is 38.4 Å². The number of rotatable bonds is 4. The van der Waals surface area contributed by atoms with Crippen LogP contribution in [0.25, 0.3) is 0 Å². The van der Waals surface area contributed by atoms with Gasteiger partial charge in [-0.15, -0.1) is 0 Å². The first-order chi connectivity index (χ1) is 8.78. The lowest BCUT2D eigenvalue weighted by Gasteiger charge is -2.39. The fourth-order valence-corrected chi connectivity index (χ4v) is 3.70. The van der Waals surface area contributed by atoms with Crippen LogP contribution >= 0.6 is 0 Å². The van der Waals surface area contributed by atoms with E-state index in [4.69, 9.17) is 0 Å². The number of nitrogens with zero attached hydrogens (tertiary/aromatic N) is 3. The summed E-state index contributed by atoms with van der Waals surface area (Å²) in [4.78, 5) is 7.16. The van der Waals surface area contributed by atoms with E-state index in [0.29, 0.717) is 0 Å². The molecule has 0 radical (unpaired) electrons. The minimum atomic E-state index is 0.741. The summed E-state index contributed by atoms with van der Waals surface area (Å²) < 4.78 is 2.15. The molecule has 1 aromatic rings. The highest BCUT2D eigenvalue weighted by atomic mass is 15.3. The van der Waals surface area contributed by atoms with Crippen molar-refractivity contribution in [3.05, 3.63) is 18.2 Å². The minimum absolute atomic E-state index is 0.741. The average molecular weight is 248 g/mol. The standard InChI is InChI=1S/C14H24N4/c1-3-15-11-8-12-4-5-13(9-11)18(12)10-14-16-6-7-17(14)2/h6-7,11-13,15H,3-5,8-10H2,1-2H3. The van der Waals surface area contributed by atoms with Crippen LogP contribution in [0, 0.1) is 0 Å². The number of fused-ring (bicyclic) bond motifs is 2. The summed E-state index contributed by atoms with van der Waals surface area (Å²) in [6, 6.07) is 2.28. The number of imidazole rings is 1. The van der Waals surface area contributed by atoms with Gasteiger partial charge < -0.3 is 9.88 Å². The van der Waals surface area contributed by atoms with E-state index in [1.54, 1.807) is 0 Å². The van der Waals surface area contributed by atoms with Gasteiger partial charge in [-0.05, 0) is 32.2 Å². The number of aromatic nitrogens is 2. The summed E-state index contributed by atoms with van der Waals surface area (Å²) in [5.41, 5.74) is 0. The van der Waals surface area contributed by atoms with E-state index in [1.165, 1.54) is 31.5 Å². The first-order valence-electron chi connectivity index (χ1n) is 7.23. The normalized spacial score (nSPS) is 32.0. The van der Waals surface area contributed by atoms with Gasteiger partial charge in [-0.3, -0.25) is 4.90 Å². The third-order valence-corrected chi connectivity index (χ3v) is 4.62. The smallest absolute Gasteiger partial charge is 0.122 e. The van der Waals surface area contributed by atoms with Gasteiger partial charge in [-0.25, -0.2) is 4.98 Å². The fourth-order valence-electron chi connectivity index (χ4n) is 3.70. The fraction of sp³-hybridized carbons (Fsp3) is 0.786. The predicted octanol–water partition coefficient (Wildman–Crippen LogP) is 1.52. The van der Waals surface area contributed by atoms with Crippen molar-refractivity contribution in [2.45, 2.75) is 57.3 Å². The van der Waals surface area contributed by atoms with Gasteiger partial charge in [0.2, 0.25) is 0 Å². The first kappa shape index (κ1) is 12.2. The summed E-state index contributed by atoms with van der Waals surface area (Å²) in [7, 11) is 2.09. The summed E-state index contributed by atoms with van der Waals surface area (Å²) in [6.45, 7) is 4.34. The number of aryl methyl sites for hydroxylation is 1. The minimum Gasteiger partial charge on any atom is -0.337 e. The molecule has 2 aliphatic rings. The Labute approximate surface area is 109 Å². The third-order valence-electron chi connectivity index (χ3n) is 4.62. The Kier molecular flexibility index (Phi) is 3.39. The van der Waals surface area contributed by atoms with Gasteiger partial charge in [0.25, 0.3) is 0 Å². The Bertz CT molecular complexity index is 386. The molecule has 3 rings (SSSR count). The van der Waals surface area contributed by atoms with Gasteiger partial charge in [-0.2, -0.15) is 0 Å². The van der Waals surface area contributed by atoms with E-state index in [0.717, 1.165) is 31.2 Å². The maximum absolute atomic E-state index is 4.47. The molecule has 4 heteroatoms. The van der Waals surface area contributed by atoms with Gasteiger partial charge in [0.05, 0.1) is 6.54 Å². The van der Waals surface area contributed by atoms with Crippen molar-refractivity contribution >= 4 is 0 Å². The molecule has 0 aliphatic carbocycles. The Balaban J connectivity index is 1.67. The van der Waals surface area contributed by atoms with Crippen LogP contribution in [-0.4, -0.2) is 39.1 Å². The molecule has 1 aromatic heterocycles. The maximum Gasteiger partial charge on any atom is 0.122 e. The molecule has 3 heterocycles. The van der Waals surface area contributed by atoms with Gasteiger partial charge in [-0.1, -0.05) is 6.92 Å². The molecule has 100 valence electrons. The van der Waals surface area contributed by atoms with Crippen LogP contribution in [0.2, 0.25) is 0 Å². The first-order valence-corrected chi connectivity index (χ1v) is 7.23. The van der Waals surface area contributed by atoms with Crippen LogP contribution in [0.4, 0.5) is 0 Å². The third kappa shape index (κ3) is 2.19. The largest absolute Gasteiger partial charge is 0.337 e. The molecule has 0 saturated carbocycles. The summed E-state index contributed by atoms with van der Waals surface area (Å²) in [6.07, 6.45) is 9.32. The second-order valence-corrected chi connectivity index (χ2v) is 5.74.